The number of benzene rings is 1. The Morgan fingerprint density at radius 3 is 2.35 bits per heavy atom. The summed E-state index contributed by atoms with van der Waals surface area (Å²) in [6, 6.07) is 7.94. The van der Waals surface area contributed by atoms with Gasteiger partial charge in [-0.1, -0.05) is 12.1 Å². The number of nitrogens with zero attached hydrogens (tertiary/aromatic N) is 1. The number of nitrogens with one attached hydrogen (secondary N) is 1. The molecule has 1 aromatic rings. The second kappa shape index (κ2) is 5.47. The molecule has 0 bridgehead atoms. The van der Waals surface area contributed by atoms with Gasteiger partial charge in [-0.2, -0.15) is 0 Å². The fraction of sp³-hybridized carbons (Fsp3) is 0.600. The zero-order chi connectivity index (χ0) is 14.2. The van der Waals surface area contributed by atoms with Crippen LogP contribution in [0.4, 0.5) is 0 Å². The molecule has 110 valence electrons. The van der Waals surface area contributed by atoms with Crippen molar-refractivity contribution in [3.05, 3.63) is 29.8 Å². The normalized spacial score (nSPS) is 19.5. The van der Waals surface area contributed by atoms with E-state index in [9.17, 15) is 8.42 Å². The highest BCUT2D eigenvalue weighted by atomic mass is 32.2. The van der Waals surface area contributed by atoms with Crippen molar-refractivity contribution < 1.29 is 8.42 Å². The van der Waals surface area contributed by atoms with Crippen LogP contribution in [0.5, 0.6) is 0 Å². The first kappa shape index (κ1) is 14.0. The summed E-state index contributed by atoms with van der Waals surface area (Å²) in [5, 5.41) is 3.43. The molecule has 0 saturated heterocycles. The molecule has 0 radical (unpaired) electrons. The van der Waals surface area contributed by atoms with Crippen LogP contribution in [0.3, 0.4) is 0 Å². The molecule has 4 nitrogen and oxygen atoms in total. The molecule has 1 N–H and O–H groups in total. The van der Waals surface area contributed by atoms with Crippen LogP contribution >= 0.6 is 0 Å². The van der Waals surface area contributed by atoms with Crippen LogP contribution in [-0.4, -0.2) is 32.4 Å². The van der Waals surface area contributed by atoms with E-state index in [0.717, 1.165) is 24.9 Å². The van der Waals surface area contributed by atoms with Gasteiger partial charge in [-0.25, -0.2) is 12.7 Å². The molecule has 0 aliphatic heterocycles. The molecule has 20 heavy (non-hydrogen) atoms. The van der Waals surface area contributed by atoms with Crippen LogP contribution in [0.2, 0.25) is 0 Å². The fourth-order valence-corrected chi connectivity index (χ4v) is 3.52. The zero-order valence-electron chi connectivity index (χ0n) is 11.9. The fourth-order valence-electron chi connectivity index (χ4n) is 2.27. The van der Waals surface area contributed by atoms with E-state index >= 15 is 0 Å². The standard InChI is InChI=1S/C15H22N2O2S/c1-17(11-13-2-3-13)20(18,19)15-8-4-12(5-9-15)10-16-14-6-7-14/h4-5,8-9,13-14,16H,2-3,6-7,10-11H2,1H3. The van der Waals surface area contributed by atoms with Crippen LogP contribution < -0.4 is 5.32 Å². The first-order valence-corrected chi connectivity index (χ1v) is 8.78. The van der Waals surface area contributed by atoms with Crippen LogP contribution in [0.25, 0.3) is 0 Å². The molecule has 0 atom stereocenters. The van der Waals surface area contributed by atoms with E-state index in [1.807, 2.05) is 12.1 Å². The number of sulfonamides is 1. The Bertz CT molecular complexity index is 560. The lowest BCUT2D eigenvalue weighted by atomic mass is 10.2. The van der Waals surface area contributed by atoms with Gasteiger partial charge in [0.1, 0.15) is 0 Å². The van der Waals surface area contributed by atoms with Crippen molar-refractivity contribution in [1.29, 1.82) is 0 Å². The second-order valence-corrected chi connectivity index (χ2v) is 8.07. The van der Waals surface area contributed by atoms with Gasteiger partial charge in [0.2, 0.25) is 10.0 Å². The highest BCUT2D eigenvalue weighted by Gasteiger charge is 2.29. The van der Waals surface area contributed by atoms with E-state index in [2.05, 4.69) is 5.32 Å². The van der Waals surface area contributed by atoms with Gasteiger partial charge in [-0.05, 0) is 49.3 Å². The Morgan fingerprint density at radius 1 is 1.15 bits per heavy atom. The minimum absolute atomic E-state index is 0.399. The molecule has 2 saturated carbocycles. The van der Waals surface area contributed by atoms with Crippen LogP contribution in [0, 0.1) is 5.92 Å². The van der Waals surface area contributed by atoms with Crippen LogP contribution in [0.1, 0.15) is 31.2 Å². The maximum atomic E-state index is 12.4. The summed E-state index contributed by atoms with van der Waals surface area (Å²) in [4.78, 5) is 0.399. The molecule has 2 fully saturated rings. The first-order valence-electron chi connectivity index (χ1n) is 7.34. The van der Waals surface area contributed by atoms with Crippen molar-refractivity contribution in [2.24, 2.45) is 5.92 Å². The molecule has 0 aromatic heterocycles. The first-order chi connectivity index (χ1) is 9.55. The average Bonchev–Trinajstić information content (AvgIpc) is 3.31. The maximum absolute atomic E-state index is 12.4. The lowest BCUT2D eigenvalue weighted by Crippen LogP contribution is -2.29. The monoisotopic (exact) mass is 294 g/mol. The molecule has 0 amide bonds. The van der Waals surface area contributed by atoms with Gasteiger partial charge in [0, 0.05) is 26.2 Å². The smallest absolute Gasteiger partial charge is 0.242 e. The predicted molar refractivity (Wildman–Crippen MR) is 78.8 cm³/mol. The molecule has 0 unspecified atom stereocenters. The van der Waals surface area contributed by atoms with E-state index in [1.165, 1.54) is 17.1 Å². The summed E-state index contributed by atoms with van der Waals surface area (Å²) < 4.78 is 26.3. The van der Waals surface area contributed by atoms with Gasteiger partial charge in [-0.3, -0.25) is 0 Å². The summed E-state index contributed by atoms with van der Waals surface area (Å²) in [7, 11) is -1.64. The summed E-state index contributed by atoms with van der Waals surface area (Å²) in [5.74, 6) is 0.566. The Morgan fingerprint density at radius 2 is 1.80 bits per heavy atom. The quantitative estimate of drug-likeness (QED) is 0.836. The summed E-state index contributed by atoms with van der Waals surface area (Å²) >= 11 is 0. The topological polar surface area (TPSA) is 49.4 Å². The van der Waals surface area contributed by atoms with Crippen molar-refractivity contribution >= 4 is 10.0 Å². The van der Waals surface area contributed by atoms with E-state index in [4.69, 9.17) is 0 Å². The predicted octanol–water partition coefficient (Wildman–Crippen LogP) is 1.97. The molecule has 3 rings (SSSR count). The highest BCUT2D eigenvalue weighted by Crippen LogP contribution is 2.31. The Hall–Kier alpha value is -0.910. The van der Waals surface area contributed by atoms with Gasteiger partial charge in [0.05, 0.1) is 4.90 Å². The van der Waals surface area contributed by atoms with Gasteiger partial charge in [-0.15, -0.1) is 0 Å². The maximum Gasteiger partial charge on any atom is 0.242 e. The van der Waals surface area contributed by atoms with Gasteiger partial charge >= 0.3 is 0 Å². The number of rotatable bonds is 7. The average molecular weight is 294 g/mol. The molecule has 5 heteroatoms. The van der Waals surface area contributed by atoms with Crippen LogP contribution in [-0.2, 0) is 16.6 Å². The van der Waals surface area contributed by atoms with Crippen molar-refractivity contribution in [1.82, 2.24) is 9.62 Å². The van der Waals surface area contributed by atoms with Gasteiger partial charge in [0.25, 0.3) is 0 Å². The van der Waals surface area contributed by atoms with Crippen molar-refractivity contribution in [2.75, 3.05) is 13.6 Å². The summed E-state index contributed by atoms with van der Waals surface area (Å²) in [6.07, 6.45) is 4.84. The van der Waals surface area contributed by atoms with Crippen LogP contribution in [0.15, 0.2) is 29.2 Å². The molecule has 2 aliphatic carbocycles. The minimum atomic E-state index is -3.32. The van der Waals surface area contributed by atoms with Crippen molar-refractivity contribution in [3.8, 4) is 0 Å². The minimum Gasteiger partial charge on any atom is -0.310 e. The third-order valence-electron chi connectivity index (χ3n) is 4.02. The third-order valence-corrected chi connectivity index (χ3v) is 5.85. The largest absolute Gasteiger partial charge is 0.310 e. The Kier molecular flexibility index (Phi) is 3.84. The van der Waals surface area contributed by atoms with E-state index in [-0.39, 0.29) is 0 Å². The number of hydrogen-bond donors (Lipinski definition) is 1. The lowest BCUT2D eigenvalue weighted by molar-refractivity contribution is 0.453. The van der Waals surface area contributed by atoms with Gasteiger partial charge < -0.3 is 5.32 Å². The molecule has 0 heterocycles. The van der Waals surface area contributed by atoms with E-state index < -0.39 is 10.0 Å². The Labute approximate surface area is 121 Å². The second-order valence-electron chi connectivity index (χ2n) is 6.03. The van der Waals surface area contributed by atoms with Crippen molar-refractivity contribution in [3.63, 3.8) is 0 Å². The molecule has 0 spiro atoms. The molecular formula is C15H22N2O2S. The van der Waals surface area contributed by atoms with Gasteiger partial charge in [0.15, 0.2) is 0 Å². The summed E-state index contributed by atoms with van der Waals surface area (Å²) in [5.41, 5.74) is 1.14. The molecule has 2 aliphatic rings. The lowest BCUT2D eigenvalue weighted by Gasteiger charge is -2.17. The molecular weight excluding hydrogens is 272 g/mol. The van der Waals surface area contributed by atoms with E-state index in [1.54, 1.807) is 19.2 Å². The van der Waals surface area contributed by atoms with Crippen molar-refractivity contribution in [2.45, 2.75) is 43.2 Å². The third kappa shape index (κ3) is 3.40. The SMILES string of the molecule is CN(CC1CC1)S(=O)(=O)c1ccc(CNC2CC2)cc1. The summed E-state index contributed by atoms with van der Waals surface area (Å²) in [6.45, 7) is 1.47. The zero-order valence-corrected chi connectivity index (χ0v) is 12.7. The van der Waals surface area contributed by atoms with E-state index in [0.29, 0.717) is 23.4 Å². The number of hydrogen-bond acceptors (Lipinski definition) is 3. The molecule has 1 aromatic carbocycles. The highest BCUT2D eigenvalue weighted by molar-refractivity contribution is 7.89. The Balaban J connectivity index is 1.65.